The molecule has 1 saturated heterocycles. The molecule has 2 heterocycles. The predicted octanol–water partition coefficient (Wildman–Crippen LogP) is 2.65. The first-order valence-electron chi connectivity index (χ1n) is 5.19. The van der Waals surface area contributed by atoms with Crippen molar-refractivity contribution < 1.29 is 9.53 Å². The molecular formula is C11H14INO2S. The zero-order valence-corrected chi connectivity index (χ0v) is 12.2. The zero-order valence-electron chi connectivity index (χ0n) is 9.25. The van der Waals surface area contributed by atoms with E-state index in [1.165, 1.54) is 0 Å². The minimum Gasteiger partial charge on any atom is -0.376 e. The van der Waals surface area contributed by atoms with Gasteiger partial charge in [0.1, 0.15) is 0 Å². The van der Waals surface area contributed by atoms with Gasteiger partial charge in [0, 0.05) is 12.0 Å². The largest absolute Gasteiger partial charge is 0.376 e. The molecule has 88 valence electrons. The number of rotatable bonds is 2. The number of amides is 1. The van der Waals surface area contributed by atoms with E-state index < -0.39 is 0 Å². The van der Waals surface area contributed by atoms with E-state index in [-0.39, 0.29) is 17.6 Å². The Labute approximate surface area is 113 Å². The number of ether oxygens (including phenoxy) is 1. The van der Waals surface area contributed by atoms with Crippen molar-refractivity contribution >= 4 is 39.8 Å². The summed E-state index contributed by atoms with van der Waals surface area (Å²) in [5.74, 6) is -0.000911. The van der Waals surface area contributed by atoms with Crippen LogP contribution in [0.25, 0.3) is 0 Å². The van der Waals surface area contributed by atoms with Crippen molar-refractivity contribution in [2.75, 3.05) is 6.61 Å². The highest BCUT2D eigenvalue weighted by Crippen LogP contribution is 2.26. The second-order valence-electron chi connectivity index (χ2n) is 4.27. The molecule has 1 fully saturated rings. The van der Waals surface area contributed by atoms with Gasteiger partial charge in [-0.05, 0) is 48.9 Å². The summed E-state index contributed by atoms with van der Waals surface area (Å²) in [4.78, 5) is 12.0. The molecule has 1 aromatic heterocycles. The van der Waals surface area contributed by atoms with E-state index in [1.54, 1.807) is 11.3 Å². The normalized spacial score (nSPS) is 29.3. The van der Waals surface area contributed by atoms with Gasteiger partial charge in [-0.2, -0.15) is 0 Å². The summed E-state index contributed by atoms with van der Waals surface area (Å²) < 4.78 is 6.63. The lowest BCUT2D eigenvalue weighted by molar-refractivity contribution is 0.0727. The van der Waals surface area contributed by atoms with Crippen LogP contribution in [0.5, 0.6) is 0 Å². The zero-order chi connectivity index (χ0) is 11.8. The second-order valence-corrected chi connectivity index (χ2v) is 7.08. The van der Waals surface area contributed by atoms with Crippen LogP contribution < -0.4 is 5.32 Å². The van der Waals surface area contributed by atoms with Crippen molar-refractivity contribution in [2.24, 2.45) is 0 Å². The predicted molar refractivity (Wildman–Crippen MR) is 72.9 cm³/mol. The highest BCUT2D eigenvalue weighted by Gasteiger charge is 2.38. The van der Waals surface area contributed by atoms with Crippen LogP contribution in [0.4, 0.5) is 0 Å². The van der Waals surface area contributed by atoms with Gasteiger partial charge in [-0.15, -0.1) is 11.3 Å². The molecule has 0 spiro atoms. The van der Waals surface area contributed by atoms with E-state index in [0.29, 0.717) is 0 Å². The molecule has 2 rings (SSSR count). The monoisotopic (exact) mass is 351 g/mol. The Morgan fingerprint density at radius 2 is 2.50 bits per heavy atom. The average molecular weight is 351 g/mol. The van der Waals surface area contributed by atoms with Crippen LogP contribution in [-0.2, 0) is 4.74 Å². The van der Waals surface area contributed by atoms with E-state index in [4.69, 9.17) is 4.74 Å². The number of nitrogens with one attached hydrogen (secondary N) is 1. The Morgan fingerprint density at radius 1 is 1.75 bits per heavy atom. The van der Waals surface area contributed by atoms with E-state index in [2.05, 4.69) is 27.9 Å². The third-order valence-electron chi connectivity index (χ3n) is 3.12. The Balaban J connectivity index is 2.07. The molecule has 16 heavy (non-hydrogen) atoms. The first-order valence-corrected chi connectivity index (χ1v) is 7.15. The summed E-state index contributed by atoms with van der Waals surface area (Å²) in [7, 11) is 0. The van der Waals surface area contributed by atoms with Gasteiger partial charge < -0.3 is 10.1 Å². The summed E-state index contributed by atoms with van der Waals surface area (Å²) in [5.41, 5.74) is 0.513. The second kappa shape index (κ2) is 4.62. The standard InChI is InChI=1S/C11H14INO2S/c1-7-11(2,3-4-15-7)13-10(14)8-5-9(12)16-6-8/h5-7H,3-4H2,1-2H3,(H,13,14). The summed E-state index contributed by atoms with van der Waals surface area (Å²) in [6.07, 6.45) is 0.954. The maximum absolute atomic E-state index is 12.0. The van der Waals surface area contributed by atoms with Crippen molar-refractivity contribution in [3.8, 4) is 0 Å². The molecule has 0 radical (unpaired) electrons. The van der Waals surface area contributed by atoms with Crippen LogP contribution >= 0.6 is 33.9 Å². The maximum Gasteiger partial charge on any atom is 0.252 e. The Kier molecular flexibility index (Phi) is 3.56. The van der Waals surface area contributed by atoms with E-state index in [1.807, 2.05) is 25.3 Å². The van der Waals surface area contributed by atoms with Crippen molar-refractivity contribution in [1.29, 1.82) is 0 Å². The lowest BCUT2D eigenvalue weighted by Gasteiger charge is -2.28. The number of hydrogen-bond acceptors (Lipinski definition) is 3. The molecule has 5 heteroatoms. The molecule has 0 bridgehead atoms. The molecule has 3 nitrogen and oxygen atoms in total. The third kappa shape index (κ3) is 2.41. The SMILES string of the molecule is CC1OCCC1(C)NC(=O)c1csc(I)c1. The van der Waals surface area contributed by atoms with Crippen LogP contribution in [0, 0.1) is 2.88 Å². The fourth-order valence-corrected chi connectivity index (χ4v) is 3.09. The van der Waals surface area contributed by atoms with Gasteiger partial charge in [0.15, 0.2) is 0 Å². The summed E-state index contributed by atoms with van der Waals surface area (Å²) >= 11 is 3.81. The molecule has 0 aromatic carbocycles. The fraction of sp³-hybridized carbons (Fsp3) is 0.545. The highest BCUT2D eigenvalue weighted by atomic mass is 127. The van der Waals surface area contributed by atoms with Gasteiger partial charge in [-0.25, -0.2) is 0 Å². The van der Waals surface area contributed by atoms with Crippen molar-refractivity contribution in [3.63, 3.8) is 0 Å². The van der Waals surface area contributed by atoms with Gasteiger partial charge >= 0.3 is 0 Å². The smallest absolute Gasteiger partial charge is 0.252 e. The van der Waals surface area contributed by atoms with E-state index in [9.17, 15) is 4.79 Å². The molecule has 1 aromatic rings. The van der Waals surface area contributed by atoms with Crippen molar-refractivity contribution in [1.82, 2.24) is 5.32 Å². The van der Waals surface area contributed by atoms with Crippen LogP contribution in [0.15, 0.2) is 11.4 Å². The summed E-state index contributed by atoms with van der Waals surface area (Å²) in [6.45, 7) is 4.77. The number of carbonyl (C=O) groups excluding carboxylic acids is 1. The van der Waals surface area contributed by atoms with Crippen LogP contribution in [0.1, 0.15) is 30.6 Å². The molecule has 1 aliphatic heterocycles. The number of halogens is 1. The topological polar surface area (TPSA) is 38.3 Å². The number of thiophene rings is 1. The van der Waals surface area contributed by atoms with Gasteiger partial charge in [-0.1, -0.05) is 0 Å². The summed E-state index contributed by atoms with van der Waals surface area (Å²) in [5, 5.41) is 4.96. The Bertz CT molecular complexity index is 406. The van der Waals surface area contributed by atoms with Gasteiger partial charge in [0.05, 0.1) is 20.1 Å². The minimum atomic E-state index is -0.232. The molecule has 1 aliphatic rings. The summed E-state index contributed by atoms with van der Waals surface area (Å²) in [6, 6.07) is 1.91. The fourth-order valence-electron chi connectivity index (χ4n) is 1.76. The Hall–Kier alpha value is -0.140. The van der Waals surface area contributed by atoms with E-state index in [0.717, 1.165) is 21.5 Å². The molecular weight excluding hydrogens is 337 g/mol. The third-order valence-corrected chi connectivity index (χ3v) is 4.90. The van der Waals surface area contributed by atoms with Crippen molar-refractivity contribution in [3.05, 3.63) is 19.9 Å². The van der Waals surface area contributed by atoms with Crippen LogP contribution in [0.2, 0.25) is 0 Å². The minimum absolute atomic E-state index is 0.000911. The molecule has 0 saturated carbocycles. The van der Waals surface area contributed by atoms with Gasteiger partial charge in [0.2, 0.25) is 0 Å². The first-order chi connectivity index (χ1) is 7.51. The van der Waals surface area contributed by atoms with Gasteiger partial charge in [0.25, 0.3) is 5.91 Å². The molecule has 1 amide bonds. The first kappa shape index (κ1) is 12.3. The molecule has 2 atom stereocenters. The average Bonchev–Trinajstić information content (AvgIpc) is 2.76. The maximum atomic E-state index is 12.0. The lowest BCUT2D eigenvalue weighted by Crippen LogP contribution is -2.50. The molecule has 0 aliphatic carbocycles. The quantitative estimate of drug-likeness (QED) is 0.832. The van der Waals surface area contributed by atoms with Gasteiger partial charge in [-0.3, -0.25) is 4.79 Å². The van der Waals surface area contributed by atoms with Crippen LogP contribution in [-0.4, -0.2) is 24.2 Å². The lowest BCUT2D eigenvalue weighted by atomic mass is 9.94. The van der Waals surface area contributed by atoms with Crippen molar-refractivity contribution in [2.45, 2.75) is 31.9 Å². The van der Waals surface area contributed by atoms with Crippen LogP contribution in [0.3, 0.4) is 0 Å². The number of hydrogen-bond donors (Lipinski definition) is 1. The highest BCUT2D eigenvalue weighted by molar-refractivity contribution is 14.1. The molecule has 1 N–H and O–H groups in total. The Morgan fingerprint density at radius 3 is 3.00 bits per heavy atom. The number of carbonyl (C=O) groups is 1. The van der Waals surface area contributed by atoms with E-state index >= 15 is 0 Å². The molecule has 2 unspecified atom stereocenters.